The molecule has 0 aromatic heterocycles. The molecule has 1 saturated heterocycles. The second-order valence-electron chi connectivity index (χ2n) is 15.8. The predicted octanol–water partition coefficient (Wildman–Crippen LogP) is 2.73. The summed E-state index contributed by atoms with van der Waals surface area (Å²) in [7, 11) is -3.90. The number of rotatable bonds is 6. The van der Waals surface area contributed by atoms with Crippen molar-refractivity contribution in [3.63, 3.8) is 0 Å². The lowest BCUT2D eigenvalue weighted by atomic mass is 9.85. The van der Waals surface area contributed by atoms with E-state index < -0.39 is 74.3 Å². The van der Waals surface area contributed by atoms with Gasteiger partial charge in [-0.1, -0.05) is 58.9 Å². The van der Waals surface area contributed by atoms with Crippen LogP contribution in [0.4, 0.5) is 9.59 Å². The molecular formula is C36H49N5O10S. The fraction of sp³-hybridized carbons (Fsp3) is 0.639. The van der Waals surface area contributed by atoms with Crippen LogP contribution in [-0.4, -0.2) is 96.9 Å². The Labute approximate surface area is 304 Å². The average Bonchev–Trinajstić information content (AvgIpc) is 3.96. The number of alkyl carbamates (subject to hydrolysis) is 1. The molecule has 5 unspecified atom stereocenters. The van der Waals surface area contributed by atoms with Gasteiger partial charge in [-0.05, 0) is 54.6 Å². The monoisotopic (exact) mass is 743 g/mol. The van der Waals surface area contributed by atoms with Gasteiger partial charge in [0.15, 0.2) is 0 Å². The van der Waals surface area contributed by atoms with Crippen molar-refractivity contribution in [3.8, 4) is 5.75 Å². The molecule has 16 heteroatoms. The van der Waals surface area contributed by atoms with Crippen molar-refractivity contribution in [2.45, 2.75) is 109 Å². The molecule has 6 rings (SSSR count). The molecule has 5 atom stereocenters. The van der Waals surface area contributed by atoms with E-state index in [-0.39, 0.29) is 57.5 Å². The molecule has 5 amide bonds. The van der Waals surface area contributed by atoms with E-state index >= 15 is 0 Å². The van der Waals surface area contributed by atoms with E-state index in [1.165, 1.54) is 9.80 Å². The van der Waals surface area contributed by atoms with Gasteiger partial charge in [0.25, 0.3) is 5.91 Å². The SMILES string of the molecule is CC(C)C1CC1(NC(=O)C1CC2CN1C(=O)C(C(C)(C)C)NC(=O)OCCC=CCOc1cccc3c1CN(C3)C(=O)O2)C(=O)NS(=O)(=O)C1CC1. The van der Waals surface area contributed by atoms with E-state index in [1.807, 2.05) is 44.2 Å². The number of fused-ring (bicyclic) bond motifs is 3. The quantitative estimate of drug-likeness (QED) is 0.366. The van der Waals surface area contributed by atoms with Gasteiger partial charge in [0, 0.05) is 18.5 Å². The minimum atomic E-state index is -3.90. The lowest BCUT2D eigenvalue weighted by Gasteiger charge is -2.35. The van der Waals surface area contributed by atoms with Crippen LogP contribution in [0.2, 0.25) is 0 Å². The Hall–Kier alpha value is -4.34. The maximum Gasteiger partial charge on any atom is 0.410 e. The number of carbonyl (C=O) groups is 5. The maximum atomic E-state index is 14.4. The van der Waals surface area contributed by atoms with Crippen LogP contribution < -0.4 is 20.1 Å². The standard InChI is InChI=1S/C36H49N5O10S/c1-21(2)26-17-36(26,32(44)39-52(47,48)24-12-13-24)38-30(42)27-16-23-19-41(27)31(43)29(35(3,4)5)37-33(45)50-15-8-6-7-14-49-28-11-9-10-22-18-40(20-25(22)28)34(46)51-23/h6-7,9-11,21,23-24,26-27,29H,8,12-20H2,1-5H3,(H,37,45)(H,38,42)(H,39,44). The molecule has 2 aliphatic carbocycles. The Morgan fingerprint density at radius 1 is 1.06 bits per heavy atom. The molecule has 3 N–H and O–H groups in total. The van der Waals surface area contributed by atoms with Crippen LogP contribution in [0.3, 0.4) is 0 Å². The van der Waals surface area contributed by atoms with Gasteiger partial charge >= 0.3 is 12.2 Å². The summed E-state index contributed by atoms with van der Waals surface area (Å²) < 4.78 is 45.0. The Balaban J connectivity index is 1.28. The molecule has 3 heterocycles. The van der Waals surface area contributed by atoms with E-state index in [0.29, 0.717) is 25.0 Å². The first kappa shape index (κ1) is 37.4. The molecule has 0 radical (unpaired) electrons. The Morgan fingerprint density at radius 2 is 1.81 bits per heavy atom. The minimum Gasteiger partial charge on any atom is -0.489 e. The Bertz CT molecular complexity index is 1750. The third kappa shape index (κ3) is 7.86. The van der Waals surface area contributed by atoms with Crippen molar-refractivity contribution in [3.05, 3.63) is 41.5 Å². The van der Waals surface area contributed by atoms with Crippen LogP contribution in [0, 0.1) is 17.3 Å². The zero-order valence-electron chi connectivity index (χ0n) is 30.3. The van der Waals surface area contributed by atoms with Gasteiger partial charge in [-0.25, -0.2) is 18.0 Å². The summed E-state index contributed by atoms with van der Waals surface area (Å²) >= 11 is 0. The van der Waals surface area contributed by atoms with Gasteiger partial charge in [-0.3, -0.25) is 24.0 Å². The van der Waals surface area contributed by atoms with E-state index in [4.69, 9.17) is 14.2 Å². The zero-order valence-corrected chi connectivity index (χ0v) is 31.1. The first-order chi connectivity index (χ1) is 24.5. The lowest BCUT2D eigenvalue weighted by Crippen LogP contribution is -2.60. The molecule has 0 spiro atoms. The number of amides is 5. The van der Waals surface area contributed by atoms with Crippen LogP contribution in [0.25, 0.3) is 0 Å². The molecule has 5 aliphatic rings. The second-order valence-corrected chi connectivity index (χ2v) is 17.8. The molecule has 52 heavy (non-hydrogen) atoms. The number of sulfonamides is 1. The molecule has 4 bridgehead atoms. The van der Waals surface area contributed by atoms with Crippen LogP contribution in [0.15, 0.2) is 30.4 Å². The summed E-state index contributed by atoms with van der Waals surface area (Å²) in [5.74, 6) is -1.88. The first-order valence-corrected chi connectivity index (χ1v) is 19.5. The van der Waals surface area contributed by atoms with Crippen molar-refractivity contribution >= 4 is 39.9 Å². The highest BCUT2D eigenvalue weighted by molar-refractivity contribution is 7.91. The van der Waals surface area contributed by atoms with Crippen LogP contribution in [0.1, 0.15) is 77.8 Å². The lowest BCUT2D eigenvalue weighted by molar-refractivity contribution is -0.143. The highest BCUT2D eigenvalue weighted by Crippen LogP contribution is 2.49. The maximum absolute atomic E-state index is 14.4. The predicted molar refractivity (Wildman–Crippen MR) is 187 cm³/mol. The highest BCUT2D eigenvalue weighted by atomic mass is 32.2. The van der Waals surface area contributed by atoms with Crippen molar-refractivity contribution in [1.82, 2.24) is 25.2 Å². The number of cyclic esters (lactones) is 1. The first-order valence-electron chi connectivity index (χ1n) is 18.0. The number of ether oxygens (including phenoxy) is 3. The van der Waals surface area contributed by atoms with Gasteiger partial charge in [0.2, 0.25) is 21.8 Å². The third-order valence-electron chi connectivity index (χ3n) is 10.5. The number of benzene rings is 1. The molecular weight excluding hydrogens is 694 g/mol. The largest absolute Gasteiger partial charge is 0.489 e. The van der Waals surface area contributed by atoms with E-state index in [2.05, 4.69) is 15.4 Å². The molecule has 3 fully saturated rings. The summed E-state index contributed by atoms with van der Waals surface area (Å²) in [6.45, 7) is 9.74. The fourth-order valence-electron chi connectivity index (χ4n) is 7.30. The van der Waals surface area contributed by atoms with E-state index in [0.717, 1.165) is 11.1 Å². The third-order valence-corrected chi connectivity index (χ3v) is 12.3. The van der Waals surface area contributed by atoms with Crippen molar-refractivity contribution in [1.29, 1.82) is 0 Å². The Kier molecular flexibility index (Phi) is 10.2. The number of carbonyl (C=O) groups excluding carboxylic acids is 5. The van der Waals surface area contributed by atoms with Gasteiger partial charge in [0.1, 0.15) is 36.1 Å². The molecule has 284 valence electrons. The molecule has 3 aliphatic heterocycles. The fourth-order valence-corrected chi connectivity index (χ4v) is 8.67. The minimum absolute atomic E-state index is 0.0491. The summed E-state index contributed by atoms with van der Waals surface area (Å²) in [5.41, 5.74) is -0.572. The highest BCUT2D eigenvalue weighted by Gasteiger charge is 2.64. The van der Waals surface area contributed by atoms with Gasteiger partial charge < -0.3 is 29.7 Å². The number of hydrogen-bond donors (Lipinski definition) is 3. The Morgan fingerprint density at radius 3 is 2.48 bits per heavy atom. The molecule has 2 saturated carbocycles. The van der Waals surface area contributed by atoms with Crippen LogP contribution in [0.5, 0.6) is 5.75 Å². The smallest absolute Gasteiger partial charge is 0.410 e. The topological polar surface area (TPSA) is 190 Å². The summed E-state index contributed by atoms with van der Waals surface area (Å²) in [6.07, 6.45) is 2.72. The summed E-state index contributed by atoms with van der Waals surface area (Å²) in [5, 5.41) is 4.86. The van der Waals surface area contributed by atoms with Gasteiger partial charge in [-0.2, -0.15) is 0 Å². The van der Waals surface area contributed by atoms with Crippen LogP contribution >= 0.6 is 0 Å². The summed E-state index contributed by atoms with van der Waals surface area (Å²) in [4.78, 5) is 71.6. The molecule has 1 aromatic rings. The van der Waals surface area contributed by atoms with Crippen molar-refractivity contribution in [2.75, 3.05) is 19.8 Å². The summed E-state index contributed by atoms with van der Waals surface area (Å²) in [6, 6.07) is 3.24. The number of nitrogens with one attached hydrogen (secondary N) is 3. The normalized spacial score (nSPS) is 28.4. The van der Waals surface area contributed by atoms with E-state index in [1.54, 1.807) is 20.8 Å². The van der Waals surface area contributed by atoms with Crippen molar-refractivity contribution in [2.24, 2.45) is 17.3 Å². The average molecular weight is 744 g/mol. The van der Waals surface area contributed by atoms with Gasteiger partial charge in [0.05, 0.1) is 24.9 Å². The van der Waals surface area contributed by atoms with Gasteiger partial charge in [-0.15, -0.1) is 0 Å². The second kappa shape index (κ2) is 14.2. The van der Waals surface area contributed by atoms with E-state index in [9.17, 15) is 32.4 Å². The molecule has 1 aromatic carbocycles. The molecule has 15 nitrogen and oxygen atoms in total. The zero-order chi connectivity index (χ0) is 37.6. The van der Waals surface area contributed by atoms with Crippen molar-refractivity contribution < 1.29 is 46.6 Å². The van der Waals surface area contributed by atoms with Crippen LogP contribution in [-0.2, 0) is 47.0 Å². The number of nitrogens with zero attached hydrogens (tertiary/aromatic N) is 2. The number of hydrogen-bond acceptors (Lipinski definition) is 10.